The Labute approximate surface area is 166 Å². The Morgan fingerprint density at radius 1 is 0.821 bits per heavy atom. The van der Waals surface area contributed by atoms with Gasteiger partial charge in [0.2, 0.25) is 0 Å². The molecule has 2 aliphatic heterocycles. The smallest absolute Gasteiger partial charge is 0.282 e. The molecule has 2 aromatic carbocycles. The van der Waals surface area contributed by atoms with Gasteiger partial charge in [-0.1, -0.05) is 61.9 Å². The van der Waals surface area contributed by atoms with Gasteiger partial charge in [-0.25, -0.2) is 4.90 Å². The predicted octanol–water partition coefficient (Wildman–Crippen LogP) is 4.26. The Morgan fingerprint density at radius 2 is 1.43 bits per heavy atom. The highest BCUT2D eigenvalue weighted by atomic mass is 16.2. The summed E-state index contributed by atoms with van der Waals surface area (Å²) in [5.41, 5.74) is 3.60. The van der Waals surface area contributed by atoms with Crippen LogP contribution in [0.25, 0.3) is 5.57 Å². The van der Waals surface area contributed by atoms with Crippen LogP contribution in [0.5, 0.6) is 0 Å². The van der Waals surface area contributed by atoms with Gasteiger partial charge in [0.1, 0.15) is 5.70 Å². The molecule has 2 atom stereocenters. The molecule has 0 bridgehead atoms. The van der Waals surface area contributed by atoms with Gasteiger partial charge in [0.05, 0.1) is 11.3 Å². The molecule has 0 aromatic heterocycles. The number of carbonyl (C=O) groups is 2. The van der Waals surface area contributed by atoms with Crippen LogP contribution in [-0.2, 0) is 9.59 Å². The van der Waals surface area contributed by atoms with E-state index in [1.165, 1.54) is 4.90 Å². The number of hydrogen-bond acceptors (Lipinski definition) is 3. The first-order valence-corrected chi connectivity index (χ1v) is 9.95. The molecule has 2 unspecified atom stereocenters. The van der Waals surface area contributed by atoms with Crippen LogP contribution in [0.15, 0.2) is 60.3 Å². The topological polar surface area (TPSA) is 40.6 Å². The van der Waals surface area contributed by atoms with E-state index in [0.29, 0.717) is 28.8 Å². The first-order valence-electron chi connectivity index (χ1n) is 9.95. The van der Waals surface area contributed by atoms with Crippen molar-refractivity contribution in [1.82, 2.24) is 4.90 Å². The van der Waals surface area contributed by atoms with E-state index in [1.807, 2.05) is 61.5 Å². The van der Waals surface area contributed by atoms with Gasteiger partial charge in [0.25, 0.3) is 11.8 Å². The third-order valence-corrected chi connectivity index (χ3v) is 5.60. The zero-order valence-electron chi connectivity index (χ0n) is 16.7. The third kappa shape index (κ3) is 3.24. The first kappa shape index (κ1) is 18.5. The van der Waals surface area contributed by atoms with Crippen molar-refractivity contribution in [3.63, 3.8) is 0 Å². The molecule has 4 rings (SSSR count). The highest BCUT2D eigenvalue weighted by molar-refractivity contribution is 6.45. The largest absolute Gasteiger partial charge is 0.366 e. The molecule has 144 valence electrons. The monoisotopic (exact) mass is 374 g/mol. The minimum atomic E-state index is -0.235. The SMILES string of the molecule is Cc1ccc(N2C(=O)C(c3ccccc3)=C(N3CC(C)CC(C)C3)C2=O)cc1. The molecule has 0 N–H and O–H groups in total. The van der Waals surface area contributed by atoms with Crippen LogP contribution in [0, 0.1) is 18.8 Å². The van der Waals surface area contributed by atoms with Crippen LogP contribution < -0.4 is 4.90 Å². The fourth-order valence-electron chi connectivity index (χ4n) is 4.45. The van der Waals surface area contributed by atoms with Gasteiger partial charge in [-0.15, -0.1) is 0 Å². The van der Waals surface area contributed by atoms with E-state index in [2.05, 4.69) is 18.7 Å². The Bertz CT molecular complexity index is 921. The van der Waals surface area contributed by atoms with Crippen molar-refractivity contribution in [1.29, 1.82) is 0 Å². The van der Waals surface area contributed by atoms with Gasteiger partial charge >= 0.3 is 0 Å². The maximum atomic E-state index is 13.5. The molecule has 0 spiro atoms. The number of nitrogens with zero attached hydrogens (tertiary/aromatic N) is 2. The zero-order valence-corrected chi connectivity index (χ0v) is 16.7. The van der Waals surface area contributed by atoms with E-state index in [0.717, 1.165) is 30.6 Å². The number of hydrogen-bond donors (Lipinski definition) is 0. The second-order valence-corrected chi connectivity index (χ2v) is 8.22. The predicted molar refractivity (Wildman–Crippen MR) is 112 cm³/mol. The highest BCUT2D eigenvalue weighted by Crippen LogP contribution is 2.37. The summed E-state index contributed by atoms with van der Waals surface area (Å²) in [4.78, 5) is 30.4. The molecule has 2 heterocycles. The average Bonchev–Trinajstić information content (AvgIpc) is 2.93. The summed E-state index contributed by atoms with van der Waals surface area (Å²) in [5.74, 6) is 0.532. The standard InChI is InChI=1S/C24H26N2O2/c1-16-9-11-20(12-10-16)26-23(27)21(19-7-5-4-6-8-19)22(24(26)28)25-14-17(2)13-18(3)15-25/h4-12,17-18H,13-15H2,1-3H3. The van der Waals surface area contributed by atoms with Crippen molar-refractivity contribution in [2.24, 2.45) is 11.8 Å². The summed E-state index contributed by atoms with van der Waals surface area (Å²) < 4.78 is 0. The van der Waals surface area contributed by atoms with E-state index in [-0.39, 0.29) is 11.8 Å². The number of benzene rings is 2. The Kier molecular flexibility index (Phi) is 4.80. The van der Waals surface area contributed by atoms with Crippen molar-refractivity contribution >= 4 is 23.1 Å². The molecule has 2 aliphatic rings. The van der Waals surface area contributed by atoms with Crippen LogP contribution in [0.4, 0.5) is 5.69 Å². The number of likely N-dealkylation sites (tertiary alicyclic amines) is 1. The van der Waals surface area contributed by atoms with Crippen molar-refractivity contribution in [2.45, 2.75) is 27.2 Å². The van der Waals surface area contributed by atoms with Crippen molar-refractivity contribution in [3.8, 4) is 0 Å². The summed E-state index contributed by atoms with van der Waals surface area (Å²) in [6.07, 6.45) is 1.15. The van der Waals surface area contributed by atoms with Crippen molar-refractivity contribution < 1.29 is 9.59 Å². The van der Waals surface area contributed by atoms with Crippen LogP contribution >= 0.6 is 0 Å². The first-order chi connectivity index (χ1) is 13.5. The van der Waals surface area contributed by atoms with Crippen LogP contribution in [0.3, 0.4) is 0 Å². The number of carbonyl (C=O) groups excluding carboxylic acids is 2. The molecular weight excluding hydrogens is 348 g/mol. The van der Waals surface area contributed by atoms with Gasteiger partial charge < -0.3 is 4.90 Å². The van der Waals surface area contributed by atoms with Crippen molar-refractivity contribution in [2.75, 3.05) is 18.0 Å². The molecule has 2 amide bonds. The minimum Gasteiger partial charge on any atom is -0.366 e. The molecule has 0 radical (unpaired) electrons. The van der Waals surface area contributed by atoms with Gasteiger partial charge in [0, 0.05) is 13.1 Å². The fraction of sp³-hybridized carbons (Fsp3) is 0.333. The maximum absolute atomic E-state index is 13.5. The highest BCUT2D eigenvalue weighted by Gasteiger charge is 2.43. The minimum absolute atomic E-state index is 0.214. The number of anilines is 1. The van der Waals surface area contributed by atoms with Gasteiger partial charge in [-0.2, -0.15) is 0 Å². The molecule has 2 aromatic rings. The molecule has 0 saturated carbocycles. The van der Waals surface area contributed by atoms with E-state index in [4.69, 9.17) is 0 Å². The summed E-state index contributed by atoms with van der Waals surface area (Å²) in [5, 5.41) is 0. The average molecular weight is 374 g/mol. The molecular formula is C24H26N2O2. The van der Waals surface area contributed by atoms with Gasteiger partial charge in [-0.3, -0.25) is 9.59 Å². The molecule has 4 nitrogen and oxygen atoms in total. The maximum Gasteiger partial charge on any atom is 0.282 e. The van der Waals surface area contributed by atoms with Crippen LogP contribution in [0.2, 0.25) is 0 Å². The third-order valence-electron chi connectivity index (χ3n) is 5.60. The molecule has 4 heteroatoms. The second-order valence-electron chi connectivity index (χ2n) is 8.22. The molecule has 1 saturated heterocycles. The summed E-state index contributed by atoms with van der Waals surface area (Å²) >= 11 is 0. The number of imide groups is 1. The normalized spacial score (nSPS) is 23.0. The van der Waals surface area contributed by atoms with Crippen LogP contribution in [0.1, 0.15) is 31.4 Å². The number of aryl methyl sites for hydroxylation is 1. The number of rotatable bonds is 3. The van der Waals surface area contributed by atoms with E-state index >= 15 is 0 Å². The van der Waals surface area contributed by atoms with Gasteiger partial charge in [-0.05, 0) is 42.9 Å². The number of piperidine rings is 1. The van der Waals surface area contributed by atoms with E-state index in [1.54, 1.807) is 0 Å². The lowest BCUT2D eigenvalue weighted by Crippen LogP contribution is -2.42. The Morgan fingerprint density at radius 3 is 2.04 bits per heavy atom. The summed E-state index contributed by atoms with van der Waals surface area (Å²) in [6, 6.07) is 17.1. The zero-order chi connectivity index (χ0) is 19.8. The quantitative estimate of drug-likeness (QED) is 0.754. The lowest BCUT2D eigenvalue weighted by molar-refractivity contribution is -0.120. The Hall–Kier alpha value is -2.88. The lowest BCUT2D eigenvalue weighted by atomic mass is 9.91. The van der Waals surface area contributed by atoms with Crippen LogP contribution in [-0.4, -0.2) is 29.8 Å². The van der Waals surface area contributed by atoms with E-state index in [9.17, 15) is 9.59 Å². The Balaban J connectivity index is 1.82. The fourth-order valence-corrected chi connectivity index (χ4v) is 4.45. The molecule has 28 heavy (non-hydrogen) atoms. The molecule has 0 aliphatic carbocycles. The summed E-state index contributed by atoms with van der Waals surface area (Å²) in [7, 11) is 0. The van der Waals surface area contributed by atoms with E-state index < -0.39 is 0 Å². The van der Waals surface area contributed by atoms with Gasteiger partial charge in [0.15, 0.2) is 0 Å². The number of amides is 2. The second kappa shape index (κ2) is 7.27. The molecule has 1 fully saturated rings. The van der Waals surface area contributed by atoms with Crippen molar-refractivity contribution in [3.05, 3.63) is 71.4 Å². The summed E-state index contributed by atoms with van der Waals surface area (Å²) in [6.45, 7) is 8.02. The lowest BCUT2D eigenvalue weighted by Gasteiger charge is -2.37.